The molecule has 0 spiro atoms. The van der Waals surface area contributed by atoms with E-state index in [1.807, 2.05) is 24.3 Å². The highest BCUT2D eigenvalue weighted by Gasteiger charge is 2.05. The summed E-state index contributed by atoms with van der Waals surface area (Å²) in [7, 11) is 0. The van der Waals surface area contributed by atoms with Crippen LogP contribution in [0, 0.1) is 11.3 Å². The van der Waals surface area contributed by atoms with Crippen LogP contribution in [0.2, 0.25) is 0 Å². The van der Waals surface area contributed by atoms with Gasteiger partial charge in [0.25, 0.3) is 0 Å². The number of para-hydroxylation sites is 1. The van der Waals surface area contributed by atoms with E-state index in [9.17, 15) is 0 Å². The number of rotatable bonds is 3. The molecule has 0 aromatic heterocycles. The van der Waals surface area contributed by atoms with Gasteiger partial charge in [-0.25, -0.2) is 0 Å². The van der Waals surface area contributed by atoms with Crippen LogP contribution in [0.25, 0.3) is 0 Å². The molecule has 0 atom stereocenters. The van der Waals surface area contributed by atoms with Crippen molar-refractivity contribution >= 4 is 15.9 Å². The lowest BCUT2D eigenvalue weighted by molar-refractivity contribution is 0.361. The number of hydrogen-bond acceptors (Lipinski definition) is 3. The second-order valence-electron chi connectivity index (χ2n) is 2.38. The molecule has 0 fully saturated rings. The van der Waals surface area contributed by atoms with Crippen LogP contribution in [0.1, 0.15) is 5.56 Å². The van der Waals surface area contributed by atoms with Crippen LogP contribution in [0.15, 0.2) is 22.7 Å². The van der Waals surface area contributed by atoms with Gasteiger partial charge in [-0.1, -0.05) is 12.1 Å². The Morgan fingerprint density at radius 2 is 2.31 bits per heavy atom. The Bertz CT molecular complexity index is 333. The quantitative estimate of drug-likeness (QED) is 0.877. The maximum atomic E-state index is 8.36. The van der Waals surface area contributed by atoms with Crippen LogP contribution in [0.5, 0.6) is 5.75 Å². The zero-order valence-corrected chi connectivity index (χ0v) is 8.54. The van der Waals surface area contributed by atoms with Gasteiger partial charge >= 0.3 is 0 Å². The van der Waals surface area contributed by atoms with Gasteiger partial charge in [0, 0.05) is 12.1 Å². The molecule has 0 saturated carbocycles. The lowest BCUT2D eigenvalue weighted by atomic mass is 10.2. The molecule has 0 aliphatic rings. The van der Waals surface area contributed by atoms with Crippen LogP contribution < -0.4 is 10.5 Å². The number of benzene rings is 1. The molecule has 68 valence electrons. The lowest BCUT2D eigenvalue weighted by Gasteiger charge is -2.08. The fourth-order valence-corrected chi connectivity index (χ4v) is 1.50. The third kappa shape index (κ3) is 2.44. The summed E-state index contributed by atoms with van der Waals surface area (Å²) in [6.45, 7) is 0.440. The predicted octanol–water partition coefficient (Wildman–Crippen LogP) is 1.81. The second-order valence-corrected chi connectivity index (χ2v) is 3.23. The summed E-state index contributed by atoms with van der Waals surface area (Å²) in [5.41, 5.74) is 6.40. The van der Waals surface area contributed by atoms with Crippen LogP contribution >= 0.6 is 15.9 Å². The zero-order valence-electron chi connectivity index (χ0n) is 6.96. The van der Waals surface area contributed by atoms with Gasteiger partial charge in [-0.2, -0.15) is 5.26 Å². The average Bonchev–Trinajstić information content (AvgIpc) is 2.15. The first-order valence-electron chi connectivity index (χ1n) is 3.76. The molecule has 13 heavy (non-hydrogen) atoms. The summed E-state index contributed by atoms with van der Waals surface area (Å²) in [4.78, 5) is 0. The van der Waals surface area contributed by atoms with Gasteiger partial charge in [0.1, 0.15) is 11.8 Å². The summed E-state index contributed by atoms with van der Waals surface area (Å²) in [5, 5.41) is 8.36. The molecule has 0 amide bonds. The van der Waals surface area contributed by atoms with E-state index in [-0.39, 0.29) is 6.61 Å². The van der Waals surface area contributed by atoms with Crippen molar-refractivity contribution in [1.29, 1.82) is 5.26 Å². The molecule has 0 aliphatic heterocycles. The van der Waals surface area contributed by atoms with Gasteiger partial charge in [0.2, 0.25) is 0 Å². The molecular formula is C9H9BrN2O. The SMILES string of the molecule is N#CCOc1c(Br)cccc1CN. The molecule has 0 unspecified atom stereocenters. The largest absolute Gasteiger partial charge is 0.477 e. The van der Waals surface area contributed by atoms with Crippen LogP contribution in [0.3, 0.4) is 0 Å². The molecule has 0 saturated heterocycles. The van der Waals surface area contributed by atoms with E-state index in [1.165, 1.54) is 0 Å². The first-order chi connectivity index (χ1) is 6.29. The normalized spacial score (nSPS) is 9.31. The minimum absolute atomic E-state index is 0.0373. The molecular weight excluding hydrogens is 232 g/mol. The summed E-state index contributed by atoms with van der Waals surface area (Å²) < 4.78 is 6.04. The number of nitriles is 1. The number of nitrogens with zero attached hydrogens (tertiary/aromatic N) is 1. The molecule has 2 N–H and O–H groups in total. The highest BCUT2D eigenvalue weighted by Crippen LogP contribution is 2.28. The maximum Gasteiger partial charge on any atom is 0.174 e. The van der Waals surface area contributed by atoms with E-state index < -0.39 is 0 Å². The Kier molecular flexibility index (Phi) is 3.74. The highest BCUT2D eigenvalue weighted by atomic mass is 79.9. The van der Waals surface area contributed by atoms with Crippen molar-refractivity contribution in [2.75, 3.05) is 6.61 Å². The van der Waals surface area contributed by atoms with Gasteiger partial charge in [0.15, 0.2) is 6.61 Å². The van der Waals surface area contributed by atoms with Crippen molar-refractivity contribution in [1.82, 2.24) is 0 Å². The van der Waals surface area contributed by atoms with Crippen molar-refractivity contribution in [2.45, 2.75) is 6.54 Å². The Balaban J connectivity index is 2.95. The lowest BCUT2D eigenvalue weighted by Crippen LogP contribution is -2.03. The topological polar surface area (TPSA) is 59.0 Å². The van der Waals surface area contributed by atoms with Crippen LogP contribution in [-0.4, -0.2) is 6.61 Å². The van der Waals surface area contributed by atoms with Crippen molar-refractivity contribution in [3.8, 4) is 11.8 Å². The molecule has 0 radical (unpaired) electrons. The standard InChI is InChI=1S/C9H9BrN2O/c10-8-3-1-2-7(6-12)9(8)13-5-4-11/h1-3H,5-6,12H2. The smallest absolute Gasteiger partial charge is 0.174 e. The van der Waals surface area contributed by atoms with Crippen LogP contribution in [0.4, 0.5) is 0 Å². The molecule has 0 aliphatic carbocycles. The molecule has 1 aromatic rings. The van der Waals surface area contributed by atoms with Crippen molar-refractivity contribution in [2.24, 2.45) is 5.73 Å². The first kappa shape index (κ1) is 10.0. The minimum atomic E-state index is 0.0373. The zero-order chi connectivity index (χ0) is 9.68. The van der Waals surface area contributed by atoms with E-state index in [2.05, 4.69) is 15.9 Å². The maximum absolute atomic E-state index is 8.36. The number of hydrogen-bond donors (Lipinski definition) is 1. The number of halogens is 1. The van der Waals surface area contributed by atoms with Gasteiger partial charge in [-0.15, -0.1) is 0 Å². The van der Waals surface area contributed by atoms with Gasteiger partial charge < -0.3 is 10.5 Å². The Hall–Kier alpha value is -1.05. The first-order valence-corrected chi connectivity index (χ1v) is 4.56. The van der Waals surface area contributed by atoms with Crippen molar-refractivity contribution in [3.05, 3.63) is 28.2 Å². The summed E-state index contributed by atoms with van der Waals surface area (Å²) in [5.74, 6) is 0.659. The van der Waals surface area contributed by atoms with Crippen LogP contribution in [-0.2, 0) is 6.54 Å². The number of nitrogens with two attached hydrogens (primary N) is 1. The Labute approximate surface area is 85.2 Å². The van der Waals surface area contributed by atoms with E-state index in [4.69, 9.17) is 15.7 Å². The van der Waals surface area contributed by atoms with E-state index in [0.717, 1.165) is 10.0 Å². The summed E-state index contributed by atoms with van der Waals surface area (Å²) in [6.07, 6.45) is 0. The van der Waals surface area contributed by atoms with Gasteiger partial charge in [-0.05, 0) is 22.0 Å². The minimum Gasteiger partial charge on any atom is -0.477 e. The van der Waals surface area contributed by atoms with E-state index >= 15 is 0 Å². The van der Waals surface area contributed by atoms with Gasteiger partial charge in [-0.3, -0.25) is 0 Å². The molecule has 0 heterocycles. The summed E-state index contributed by atoms with van der Waals surface area (Å²) >= 11 is 3.33. The van der Waals surface area contributed by atoms with Crippen molar-refractivity contribution < 1.29 is 4.74 Å². The van der Waals surface area contributed by atoms with E-state index in [1.54, 1.807) is 0 Å². The fourth-order valence-electron chi connectivity index (χ4n) is 0.980. The molecule has 1 aromatic carbocycles. The average molecular weight is 241 g/mol. The predicted molar refractivity (Wildman–Crippen MR) is 53.1 cm³/mol. The van der Waals surface area contributed by atoms with Gasteiger partial charge in [0.05, 0.1) is 4.47 Å². The highest BCUT2D eigenvalue weighted by molar-refractivity contribution is 9.10. The summed E-state index contributed by atoms with van der Waals surface area (Å²) in [6, 6.07) is 7.52. The fraction of sp³-hybridized carbons (Fsp3) is 0.222. The molecule has 1 rings (SSSR count). The Morgan fingerprint density at radius 3 is 2.92 bits per heavy atom. The van der Waals surface area contributed by atoms with Crippen molar-refractivity contribution in [3.63, 3.8) is 0 Å². The third-order valence-corrected chi connectivity index (χ3v) is 2.17. The molecule has 3 nitrogen and oxygen atoms in total. The Morgan fingerprint density at radius 1 is 1.54 bits per heavy atom. The third-order valence-electron chi connectivity index (χ3n) is 1.55. The molecule has 0 bridgehead atoms. The molecule has 4 heteroatoms. The second kappa shape index (κ2) is 4.85. The number of ether oxygens (including phenoxy) is 1. The monoisotopic (exact) mass is 240 g/mol. The van der Waals surface area contributed by atoms with E-state index in [0.29, 0.717) is 12.3 Å².